The Hall–Kier alpha value is -4.19. The van der Waals surface area contributed by atoms with Gasteiger partial charge in [0.2, 0.25) is 0 Å². The zero-order valence-corrected chi connectivity index (χ0v) is 19.7. The van der Waals surface area contributed by atoms with Crippen LogP contribution in [0.3, 0.4) is 0 Å². The molecule has 1 heterocycles. The van der Waals surface area contributed by atoms with Crippen molar-refractivity contribution < 1.29 is 14.3 Å². The SMILES string of the molecule is COc1ccc(OC)c(-c2cc(C(=O)N/N=C/c3ccc(C(C)C)cc3)c3ccccc3n2)c1. The molecule has 0 bridgehead atoms. The van der Waals surface area contributed by atoms with E-state index in [-0.39, 0.29) is 5.91 Å². The molecule has 0 saturated carbocycles. The van der Waals surface area contributed by atoms with Crippen LogP contribution in [0.4, 0.5) is 0 Å². The minimum atomic E-state index is -0.322. The predicted octanol–water partition coefficient (Wildman–Crippen LogP) is 5.81. The Morgan fingerprint density at radius 3 is 2.44 bits per heavy atom. The van der Waals surface area contributed by atoms with Crippen molar-refractivity contribution in [1.82, 2.24) is 10.4 Å². The molecule has 0 spiro atoms. The molecule has 172 valence electrons. The van der Waals surface area contributed by atoms with E-state index in [0.29, 0.717) is 34.2 Å². The van der Waals surface area contributed by atoms with Crippen LogP contribution in [-0.4, -0.2) is 31.3 Å². The van der Waals surface area contributed by atoms with E-state index in [2.05, 4.69) is 36.5 Å². The summed E-state index contributed by atoms with van der Waals surface area (Å²) in [5.74, 6) is 1.45. The fraction of sp³-hybridized carbons (Fsp3) is 0.179. The number of para-hydroxylation sites is 1. The third-order valence-electron chi connectivity index (χ3n) is 5.63. The molecule has 0 radical (unpaired) electrons. The number of benzene rings is 3. The Balaban J connectivity index is 1.67. The monoisotopic (exact) mass is 453 g/mol. The van der Waals surface area contributed by atoms with Crippen molar-refractivity contribution in [2.45, 2.75) is 19.8 Å². The summed E-state index contributed by atoms with van der Waals surface area (Å²) in [4.78, 5) is 17.9. The van der Waals surface area contributed by atoms with Gasteiger partial charge < -0.3 is 9.47 Å². The molecule has 1 amide bonds. The van der Waals surface area contributed by atoms with Crippen LogP contribution in [0.15, 0.2) is 77.9 Å². The number of rotatable bonds is 7. The van der Waals surface area contributed by atoms with Crippen LogP contribution in [0.5, 0.6) is 11.5 Å². The first kappa shape index (κ1) is 23.0. The quantitative estimate of drug-likeness (QED) is 0.283. The number of pyridine rings is 1. The van der Waals surface area contributed by atoms with Crippen molar-refractivity contribution in [2.75, 3.05) is 14.2 Å². The van der Waals surface area contributed by atoms with Crippen molar-refractivity contribution in [3.05, 3.63) is 89.5 Å². The maximum atomic E-state index is 13.1. The Bertz CT molecular complexity index is 1350. The van der Waals surface area contributed by atoms with E-state index >= 15 is 0 Å². The highest BCUT2D eigenvalue weighted by Crippen LogP contribution is 2.34. The highest BCUT2D eigenvalue weighted by molar-refractivity contribution is 6.07. The fourth-order valence-electron chi connectivity index (χ4n) is 3.71. The van der Waals surface area contributed by atoms with Gasteiger partial charge in [-0.05, 0) is 47.4 Å². The molecule has 6 heteroatoms. The van der Waals surface area contributed by atoms with Crippen LogP contribution < -0.4 is 14.9 Å². The van der Waals surface area contributed by atoms with Gasteiger partial charge in [-0.1, -0.05) is 56.3 Å². The third kappa shape index (κ3) is 4.91. The fourth-order valence-corrected chi connectivity index (χ4v) is 3.71. The van der Waals surface area contributed by atoms with Gasteiger partial charge in [0.15, 0.2) is 0 Å². The minimum Gasteiger partial charge on any atom is -0.497 e. The summed E-state index contributed by atoms with van der Waals surface area (Å²) in [6.45, 7) is 4.30. The molecule has 6 nitrogen and oxygen atoms in total. The van der Waals surface area contributed by atoms with Crippen LogP contribution >= 0.6 is 0 Å². The molecule has 34 heavy (non-hydrogen) atoms. The number of carbonyl (C=O) groups is 1. The van der Waals surface area contributed by atoms with E-state index in [9.17, 15) is 4.79 Å². The summed E-state index contributed by atoms with van der Waals surface area (Å²) < 4.78 is 10.9. The predicted molar refractivity (Wildman–Crippen MR) is 136 cm³/mol. The summed E-state index contributed by atoms with van der Waals surface area (Å²) in [6.07, 6.45) is 1.64. The molecule has 0 saturated heterocycles. The molecule has 4 rings (SSSR count). The standard InChI is InChI=1S/C28H27N3O3/c1-18(2)20-11-9-19(10-12-20)17-29-31-28(32)23-16-26(30-25-8-6-5-7-22(23)25)24-15-21(33-3)13-14-27(24)34-4/h5-18H,1-4H3,(H,31,32)/b29-17+. The number of hydrogen-bond donors (Lipinski definition) is 1. The highest BCUT2D eigenvalue weighted by atomic mass is 16.5. The van der Waals surface area contributed by atoms with Crippen molar-refractivity contribution in [1.29, 1.82) is 0 Å². The molecule has 0 aliphatic carbocycles. The number of aromatic nitrogens is 1. The van der Waals surface area contributed by atoms with Gasteiger partial charge >= 0.3 is 0 Å². The van der Waals surface area contributed by atoms with E-state index in [4.69, 9.17) is 14.5 Å². The highest BCUT2D eigenvalue weighted by Gasteiger charge is 2.16. The zero-order chi connectivity index (χ0) is 24.1. The summed E-state index contributed by atoms with van der Waals surface area (Å²) >= 11 is 0. The molecular formula is C28H27N3O3. The Morgan fingerprint density at radius 2 is 1.74 bits per heavy atom. The smallest absolute Gasteiger partial charge is 0.272 e. The van der Waals surface area contributed by atoms with Crippen molar-refractivity contribution in [3.8, 4) is 22.8 Å². The molecule has 1 N–H and O–H groups in total. The Labute approximate surface area is 199 Å². The molecular weight excluding hydrogens is 426 g/mol. The molecule has 0 fully saturated rings. The number of carbonyl (C=O) groups excluding carboxylic acids is 1. The van der Waals surface area contributed by atoms with Crippen molar-refractivity contribution in [3.63, 3.8) is 0 Å². The number of hydrazone groups is 1. The van der Waals surface area contributed by atoms with Gasteiger partial charge in [0.25, 0.3) is 5.91 Å². The average Bonchev–Trinajstić information content (AvgIpc) is 2.87. The van der Waals surface area contributed by atoms with Gasteiger partial charge in [-0.3, -0.25) is 4.79 Å². The lowest BCUT2D eigenvalue weighted by molar-refractivity contribution is 0.0956. The Morgan fingerprint density at radius 1 is 0.971 bits per heavy atom. The number of methoxy groups -OCH3 is 2. The summed E-state index contributed by atoms with van der Waals surface area (Å²) in [6, 6.07) is 22.9. The summed E-state index contributed by atoms with van der Waals surface area (Å²) in [5, 5.41) is 4.91. The van der Waals surface area contributed by atoms with Gasteiger partial charge in [0.05, 0.1) is 37.2 Å². The normalized spacial score (nSPS) is 11.2. The minimum absolute atomic E-state index is 0.322. The second kappa shape index (κ2) is 10.2. The molecule has 0 aliphatic heterocycles. The largest absolute Gasteiger partial charge is 0.497 e. The van der Waals surface area contributed by atoms with E-state index < -0.39 is 0 Å². The van der Waals surface area contributed by atoms with Crippen LogP contribution in [0.25, 0.3) is 22.2 Å². The number of hydrogen-bond acceptors (Lipinski definition) is 5. The molecule has 0 atom stereocenters. The van der Waals surface area contributed by atoms with Crippen LogP contribution in [0.1, 0.15) is 41.3 Å². The summed E-state index contributed by atoms with van der Waals surface area (Å²) in [7, 11) is 3.20. The first-order valence-electron chi connectivity index (χ1n) is 11.1. The van der Waals surface area contributed by atoms with E-state index in [1.54, 1.807) is 26.5 Å². The molecule has 0 aliphatic rings. The van der Waals surface area contributed by atoms with Gasteiger partial charge in [-0.2, -0.15) is 5.10 Å². The summed E-state index contributed by atoms with van der Waals surface area (Å²) in [5.41, 5.74) is 7.32. The topological polar surface area (TPSA) is 72.8 Å². The lowest BCUT2D eigenvalue weighted by atomic mass is 10.0. The van der Waals surface area contributed by atoms with E-state index in [1.165, 1.54) is 5.56 Å². The van der Waals surface area contributed by atoms with E-state index in [1.807, 2.05) is 54.6 Å². The number of ether oxygens (including phenoxy) is 2. The average molecular weight is 454 g/mol. The van der Waals surface area contributed by atoms with Crippen LogP contribution in [0, 0.1) is 0 Å². The lowest BCUT2D eigenvalue weighted by Gasteiger charge is -2.13. The molecule has 1 aromatic heterocycles. The van der Waals surface area contributed by atoms with Gasteiger partial charge in [0.1, 0.15) is 11.5 Å². The van der Waals surface area contributed by atoms with Crippen LogP contribution in [-0.2, 0) is 0 Å². The third-order valence-corrected chi connectivity index (χ3v) is 5.63. The maximum absolute atomic E-state index is 13.1. The molecule has 0 unspecified atom stereocenters. The van der Waals surface area contributed by atoms with Gasteiger partial charge in [0, 0.05) is 10.9 Å². The number of nitrogens with zero attached hydrogens (tertiary/aromatic N) is 2. The van der Waals surface area contributed by atoms with Crippen molar-refractivity contribution >= 4 is 23.0 Å². The van der Waals surface area contributed by atoms with Gasteiger partial charge in [-0.15, -0.1) is 0 Å². The lowest BCUT2D eigenvalue weighted by Crippen LogP contribution is -2.18. The zero-order valence-electron chi connectivity index (χ0n) is 19.7. The first-order valence-corrected chi connectivity index (χ1v) is 11.1. The second-order valence-electron chi connectivity index (χ2n) is 8.16. The number of amides is 1. The van der Waals surface area contributed by atoms with Crippen LogP contribution in [0.2, 0.25) is 0 Å². The first-order chi connectivity index (χ1) is 16.5. The number of nitrogens with one attached hydrogen (secondary N) is 1. The van der Waals surface area contributed by atoms with Gasteiger partial charge in [-0.25, -0.2) is 10.4 Å². The number of fused-ring (bicyclic) bond motifs is 1. The molecule has 4 aromatic rings. The molecule has 3 aromatic carbocycles. The Kier molecular flexibility index (Phi) is 6.87. The van der Waals surface area contributed by atoms with E-state index in [0.717, 1.165) is 16.5 Å². The maximum Gasteiger partial charge on any atom is 0.272 e. The van der Waals surface area contributed by atoms with Crippen molar-refractivity contribution in [2.24, 2.45) is 5.10 Å². The second-order valence-corrected chi connectivity index (χ2v) is 8.16.